The largest absolute Gasteiger partial charge is 0.379 e. The number of carbonyl (C=O) groups excluding carboxylic acids is 3. The number of aliphatic imine (C=N–C) groups is 2. The Morgan fingerprint density at radius 1 is 1.31 bits per heavy atom. The molecule has 1 unspecified atom stereocenters. The monoisotopic (exact) mass is 402 g/mol. The van der Waals surface area contributed by atoms with E-state index in [4.69, 9.17) is 4.74 Å². The summed E-state index contributed by atoms with van der Waals surface area (Å²) in [5, 5.41) is 9.33. The maximum Gasteiger partial charge on any atom is 0.314 e. The summed E-state index contributed by atoms with van der Waals surface area (Å²) in [6.07, 6.45) is 3.14. The van der Waals surface area contributed by atoms with Gasteiger partial charge < -0.3 is 15.4 Å². The zero-order chi connectivity index (χ0) is 21.0. The molecular weight excluding hydrogens is 376 g/mol. The van der Waals surface area contributed by atoms with Crippen molar-refractivity contribution in [1.82, 2.24) is 15.1 Å². The van der Waals surface area contributed by atoms with Crippen molar-refractivity contribution in [2.75, 3.05) is 18.5 Å². The summed E-state index contributed by atoms with van der Waals surface area (Å²) in [6, 6.07) is 1.59. The van der Waals surface area contributed by atoms with E-state index in [0.29, 0.717) is 25.3 Å². The average Bonchev–Trinajstić information content (AvgIpc) is 3.27. The van der Waals surface area contributed by atoms with Crippen molar-refractivity contribution < 1.29 is 19.1 Å². The van der Waals surface area contributed by atoms with Gasteiger partial charge in [-0.05, 0) is 46.5 Å². The molecule has 1 atom stereocenters. The number of aryl methyl sites for hydroxylation is 1. The van der Waals surface area contributed by atoms with Crippen LogP contribution in [0.1, 0.15) is 45.2 Å². The molecule has 1 fully saturated rings. The lowest BCUT2D eigenvalue weighted by Gasteiger charge is -2.15. The number of amides is 3. The number of ether oxygens (including phenoxy) is 1. The van der Waals surface area contributed by atoms with E-state index in [1.807, 2.05) is 13.8 Å². The van der Waals surface area contributed by atoms with Gasteiger partial charge in [-0.3, -0.25) is 14.4 Å². The molecule has 10 heteroatoms. The Balaban J connectivity index is 1.63. The fraction of sp³-hybridized carbons (Fsp3) is 0.579. The highest BCUT2D eigenvalue weighted by Gasteiger charge is 2.33. The first kappa shape index (κ1) is 20.8. The summed E-state index contributed by atoms with van der Waals surface area (Å²) in [7, 11) is 0. The molecule has 0 saturated heterocycles. The van der Waals surface area contributed by atoms with Crippen LogP contribution in [0.5, 0.6) is 0 Å². The average molecular weight is 402 g/mol. The van der Waals surface area contributed by atoms with Gasteiger partial charge in [0, 0.05) is 24.9 Å². The lowest BCUT2D eigenvalue weighted by Crippen LogP contribution is -2.37. The smallest absolute Gasteiger partial charge is 0.314 e. The molecule has 156 valence electrons. The Morgan fingerprint density at radius 2 is 2.10 bits per heavy atom. The van der Waals surface area contributed by atoms with E-state index in [1.165, 1.54) is 4.68 Å². The van der Waals surface area contributed by atoms with Crippen molar-refractivity contribution >= 4 is 35.2 Å². The van der Waals surface area contributed by atoms with E-state index in [0.717, 1.165) is 25.0 Å². The zero-order valence-corrected chi connectivity index (χ0v) is 16.9. The van der Waals surface area contributed by atoms with Gasteiger partial charge >= 0.3 is 11.8 Å². The molecule has 1 aliphatic heterocycles. The highest BCUT2D eigenvalue weighted by molar-refractivity contribution is 6.39. The maximum atomic E-state index is 12.3. The van der Waals surface area contributed by atoms with E-state index < -0.39 is 11.8 Å². The first-order valence-electron chi connectivity index (χ1n) is 9.83. The number of hydrogen-bond donors (Lipinski definition) is 2. The molecule has 29 heavy (non-hydrogen) atoms. The summed E-state index contributed by atoms with van der Waals surface area (Å²) in [4.78, 5) is 45.0. The van der Waals surface area contributed by atoms with Crippen LogP contribution in [0, 0.1) is 12.8 Å². The minimum atomic E-state index is -0.829. The molecule has 0 bridgehead atoms. The summed E-state index contributed by atoms with van der Waals surface area (Å²) >= 11 is 0. The van der Waals surface area contributed by atoms with E-state index >= 15 is 0 Å². The molecule has 0 spiro atoms. The molecule has 3 rings (SSSR count). The van der Waals surface area contributed by atoms with Crippen LogP contribution in [0.25, 0.3) is 0 Å². The van der Waals surface area contributed by atoms with E-state index in [2.05, 4.69) is 25.7 Å². The van der Waals surface area contributed by atoms with Gasteiger partial charge in [0.25, 0.3) is 11.9 Å². The normalized spacial score (nSPS) is 18.3. The fourth-order valence-corrected chi connectivity index (χ4v) is 3.24. The molecule has 3 amide bonds. The van der Waals surface area contributed by atoms with Crippen molar-refractivity contribution in [3.05, 3.63) is 11.8 Å². The Hall–Kier alpha value is -2.88. The van der Waals surface area contributed by atoms with Crippen LogP contribution in [0.15, 0.2) is 16.1 Å². The van der Waals surface area contributed by atoms with Gasteiger partial charge in [0.05, 0.1) is 17.7 Å². The van der Waals surface area contributed by atoms with Gasteiger partial charge in [0.2, 0.25) is 0 Å². The summed E-state index contributed by atoms with van der Waals surface area (Å²) in [6.45, 7) is 6.42. The Morgan fingerprint density at radius 3 is 2.86 bits per heavy atom. The second-order valence-electron chi connectivity index (χ2n) is 7.36. The number of anilines is 1. The number of carbonyl (C=O) groups is 3. The molecule has 1 aliphatic carbocycles. The number of nitrogens with zero attached hydrogens (tertiary/aromatic N) is 4. The van der Waals surface area contributed by atoms with Crippen molar-refractivity contribution in [3.63, 3.8) is 0 Å². The summed E-state index contributed by atoms with van der Waals surface area (Å²) in [5.41, 5.74) is 1.39. The van der Waals surface area contributed by atoms with Crippen LogP contribution in [-0.4, -0.2) is 58.4 Å². The molecule has 0 aromatic carbocycles. The third kappa shape index (κ3) is 5.14. The van der Waals surface area contributed by atoms with Gasteiger partial charge in [-0.2, -0.15) is 14.8 Å². The minimum Gasteiger partial charge on any atom is -0.379 e. The third-order valence-corrected chi connectivity index (χ3v) is 4.61. The summed E-state index contributed by atoms with van der Waals surface area (Å²) in [5.74, 6) is -1.72. The predicted octanol–water partition coefficient (Wildman–Crippen LogP) is 1.05. The van der Waals surface area contributed by atoms with E-state index in [-0.39, 0.29) is 29.7 Å². The lowest BCUT2D eigenvalue weighted by atomic mass is 10.1. The van der Waals surface area contributed by atoms with Gasteiger partial charge in [-0.1, -0.05) is 0 Å². The Labute approximate surface area is 168 Å². The fourth-order valence-electron chi connectivity index (χ4n) is 3.24. The highest BCUT2D eigenvalue weighted by Crippen LogP contribution is 2.27. The molecule has 1 aromatic heterocycles. The second kappa shape index (κ2) is 9.08. The van der Waals surface area contributed by atoms with Gasteiger partial charge in [0.1, 0.15) is 5.82 Å². The number of hydrogen-bond acceptors (Lipinski definition) is 6. The van der Waals surface area contributed by atoms with Crippen LogP contribution in [0.4, 0.5) is 5.82 Å². The number of fused-ring (bicyclic) bond motifs is 1. The topological polar surface area (TPSA) is 127 Å². The SMILES string of the molecule is Cc1cc(NC(=O)C(=O)NCCCOC(C)C)n(C2=NC(=O)C3CCCC3=N2)n1. The molecule has 2 aliphatic rings. The zero-order valence-electron chi connectivity index (χ0n) is 16.9. The van der Waals surface area contributed by atoms with Crippen LogP contribution in [0.3, 0.4) is 0 Å². The molecule has 1 aromatic rings. The Bertz CT molecular complexity index is 870. The first-order chi connectivity index (χ1) is 13.8. The van der Waals surface area contributed by atoms with E-state index in [1.54, 1.807) is 13.0 Å². The van der Waals surface area contributed by atoms with Crippen LogP contribution >= 0.6 is 0 Å². The number of nitrogens with one attached hydrogen (secondary N) is 2. The van der Waals surface area contributed by atoms with Crippen molar-refractivity contribution in [3.8, 4) is 0 Å². The molecule has 2 N–H and O–H groups in total. The molecule has 0 radical (unpaired) electrons. The van der Waals surface area contributed by atoms with E-state index in [9.17, 15) is 14.4 Å². The lowest BCUT2D eigenvalue weighted by molar-refractivity contribution is -0.136. The standard InChI is InChI=1S/C19H26N6O4/c1-11(2)29-9-5-8-20-17(27)18(28)22-15-10-12(3)24-25(15)19-21-14-7-4-6-13(14)16(26)23-19/h10-11,13H,4-9H2,1-3H3,(H,20,27)(H,22,28). The number of rotatable bonds is 6. The van der Waals surface area contributed by atoms with Gasteiger partial charge in [-0.25, -0.2) is 4.99 Å². The first-order valence-corrected chi connectivity index (χ1v) is 9.83. The number of aromatic nitrogens is 2. The summed E-state index contributed by atoms with van der Waals surface area (Å²) < 4.78 is 6.68. The molecule has 1 saturated carbocycles. The van der Waals surface area contributed by atoms with Crippen LogP contribution in [0.2, 0.25) is 0 Å². The quantitative estimate of drug-likeness (QED) is 0.543. The van der Waals surface area contributed by atoms with Crippen molar-refractivity contribution in [2.24, 2.45) is 15.9 Å². The Kier molecular flexibility index (Phi) is 6.53. The van der Waals surface area contributed by atoms with Gasteiger partial charge in [0.15, 0.2) is 0 Å². The van der Waals surface area contributed by atoms with Crippen molar-refractivity contribution in [1.29, 1.82) is 0 Å². The molecule has 2 heterocycles. The van der Waals surface area contributed by atoms with Crippen molar-refractivity contribution in [2.45, 2.75) is 52.6 Å². The second-order valence-corrected chi connectivity index (χ2v) is 7.36. The van der Waals surface area contributed by atoms with Gasteiger partial charge in [-0.15, -0.1) is 0 Å². The third-order valence-electron chi connectivity index (χ3n) is 4.61. The van der Waals surface area contributed by atoms with Crippen LogP contribution < -0.4 is 10.6 Å². The predicted molar refractivity (Wildman–Crippen MR) is 107 cm³/mol. The molecular formula is C19H26N6O4. The highest BCUT2D eigenvalue weighted by atomic mass is 16.5. The van der Waals surface area contributed by atoms with Crippen LogP contribution in [-0.2, 0) is 19.1 Å². The molecule has 10 nitrogen and oxygen atoms in total. The maximum absolute atomic E-state index is 12.3. The minimum absolute atomic E-state index is 0.109.